The Balaban J connectivity index is 0.000000157. The molecule has 0 unspecified atom stereocenters. The van der Waals surface area contributed by atoms with Gasteiger partial charge < -0.3 is 4.74 Å². The van der Waals surface area contributed by atoms with Crippen molar-refractivity contribution in [1.29, 1.82) is 0 Å². The van der Waals surface area contributed by atoms with Gasteiger partial charge in [-0.15, -0.1) is 0 Å². The molecule has 6 aromatic rings. The van der Waals surface area contributed by atoms with Crippen molar-refractivity contribution in [1.82, 2.24) is 0 Å². The molecule has 0 fully saturated rings. The van der Waals surface area contributed by atoms with Gasteiger partial charge in [-0.3, -0.25) is 0 Å². The first-order valence-electron chi connectivity index (χ1n) is 16.3. The molecule has 0 spiro atoms. The average Bonchev–Trinajstić information content (AvgIpc) is 3.06. The number of hydrogen-bond donors (Lipinski definition) is 0. The summed E-state index contributed by atoms with van der Waals surface area (Å²) in [5, 5.41) is 0. The van der Waals surface area contributed by atoms with Gasteiger partial charge >= 0.3 is 0 Å². The van der Waals surface area contributed by atoms with Crippen molar-refractivity contribution in [2.75, 3.05) is 0 Å². The topological polar surface area (TPSA) is 9.23 Å². The summed E-state index contributed by atoms with van der Waals surface area (Å²) in [6.07, 6.45) is 3.28. The van der Waals surface area contributed by atoms with Crippen LogP contribution in [0.3, 0.4) is 0 Å². The van der Waals surface area contributed by atoms with E-state index in [1.165, 1.54) is 55.6 Å². The molecule has 0 aliphatic carbocycles. The van der Waals surface area contributed by atoms with Crippen LogP contribution in [0.15, 0.2) is 146 Å². The molecule has 0 N–H and O–H groups in total. The van der Waals surface area contributed by atoms with Crippen molar-refractivity contribution >= 4 is 0 Å². The van der Waals surface area contributed by atoms with E-state index in [0.717, 1.165) is 30.8 Å². The highest BCUT2D eigenvalue weighted by Gasteiger charge is 1.98. The van der Waals surface area contributed by atoms with Crippen LogP contribution >= 0.6 is 0 Å². The molecule has 6 rings (SSSR count). The third-order valence-corrected chi connectivity index (χ3v) is 7.87. The Bertz CT molecular complexity index is 1490. The zero-order valence-corrected chi connectivity index (χ0v) is 28.4. The van der Waals surface area contributed by atoms with Gasteiger partial charge in [0.25, 0.3) is 0 Å². The Morgan fingerprint density at radius 1 is 0.283 bits per heavy atom. The second kappa shape index (κ2) is 17.6. The summed E-state index contributed by atoms with van der Waals surface area (Å²) in [6.45, 7) is 12.6. The van der Waals surface area contributed by atoms with E-state index in [2.05, 4.69) is 139 Å². The van der Waals surface area contributed by atoms with Crippen LogP contribution in [0.5, 0.6) is 11.5 Å². The third kappa shape index (κ3) is 12.3. The first kappa shape index (κ1) is 34.0. The Morgan fingerprint density at radius 3 is 0.761 bits per heavy atom. The Labute approximate surface area is 277 Å². The minimum Gasteiger partial charge on any atom is -0.457 e. The van der Waals surface area contributed by atoms with E-state index in [-0.39, 0.29) is 0 Å². The average molecular weight is 605 g/mol. The number of hydrogen-bond acceptors (Lipinski definition) is 1. The fourth-order valence-corrected chi connectivity index (χ4v) is 4.79. The van der Waals surface area contributed by atoms with Crippen LogP contribution in [-0.4, -0.2) is 0 Å². The smallest absolute Gasteiger partial charge is 0.127 e. The molecule has 0 aromatic heterocycles. The van der Waals surface area contributed by atoms with Gasteiger partial charge in [0.1, 0.15) is 11.5 Å². The molecule has 0 aliphatic rings. The van der Waals surface area contributed by atoms with E-state index in [1.54, 1.807) is 0 Å². The van der Waals surface area contributed by atoms with E-state index in [9.17, 15) is 0 Å². The zero-order valence-electron chi connectivity index (χ0n) is 28.4. The first-order valence-corrected chi connectivity index (χ1v) is 16.3. The quantitative estimate of drug-likeness (QED) is 0.176. The lowest BCUT2D eigenvalue weighted by molar-refractivity contribution is 0.482. The standard InChI is InChI=1S/C16H18.C15H16.C14H14O/c1-13-3-7-15(8-4-13)11-12-16-9-5-14(2)6-10-16;1-12-3-7-14(8-4-12)11-15-9-5-13(2)6-10-15;1-11-3-7-13(8-4-11)15-14-9-5-12(2)6-10-14/h3-10H,11-12H2,1-2H3;3-10H,11H2,1-2H3;3-10H,1-2H3. The zero-order chi connectivity index (χ0) is 32.7. The highest BCUT2D eigenvalue weighted by atomic mass is 16.5. The van der Waals surface area contributed by atoms with Crippen LogP contribution in [0.1, 0.15) is 55.6 Å². The van der Waals surface area contributed by atoms with Crippen LogP contribution in [0.2, 0.25) is 0 Å². The monoisotopic (exact) mass is 604 g/mol. The van der Waals surface area contributed by atoms with E-state index >= 15 is 0 Å². The minimum atomic E-state index is 0.879. The molecular weight excluding hydrogens is 556 g/mol. The molecule has 0 saturated heterocycles. The molecule has 0 aliphatic heterocycles. The molecule has 1 heteroatoms. The van der Waals surface area contributed by atoms with Crippen molar-refractivity contribution in [3.8, 4) is 11.5 Å². The van der Waals surface area contributed by atoms with Crippen LogP contribution in [0, 0.1) is 41.5 Å². The van der Waals surface area contributed by atoms with Gasteiger partial charge in [-0.2, -0.15) is 0 Å². The number of aryl methyl sites for hydroxylation is 8. The normalized spacial score (nSPS) is 10.2. The van der Waals surface area contributed by atoms with Gasteiger partial charge in [0.2, 0.25) is 0 Å². The maximum Gasteiger partial charge on any atom is 0.127 e. The summed E-state index contributed by atoms with van der Waals surface area (Å²) in [5.41, 5.74) is 13.4. The van der Waals surface area contributed by atoms with Gasteiger partial charge in [-0.25, -0.2) is 0 Å². The molecule has 0 amide bonds. The van der Waals surface area contributed by atoms with Gasteiger partial charge in [0.05, 0.1) is 0 Å². The van der Waals surface area contributed by atoms with Crippen molar-refractivity contribution < 1.29 is 4.74 Å². The molecule has 0 saturated carbocycles. The lowest BCUT2D eigenvalue weighted by Crippen LogP contribution is -1.91. The Morgan fingerprint density at radius 2 is 0.500 bits per heavy atom. The second-order valence-electron chi connectivity index (χ2n) is 12.3. The van der Waals surface area contributed by atoms with Gasteiger partial charge in [0.15, 0.2) is 0 Å². The lowest BCUT2D eigenvalue weighted by Gasteiger charge is -2.05. The molecule has 0 heterocycles. The predicted molar refractivity (Wildman–Crippen MR) is 197 cm³/mol. The fourth-order valence-electron chi connectivity index (χ4n) is 4.79. The molecule has 234 valence electrons. The van der Waals surface area contributed by atoms with Gasteiger partial charge in [0, 0.05) is 0 Å². The number of benzene rings is 6. The van der Waals surface area contributed by atoms with Crippen LogP contribution < -0.4 is 4.74 Å². The largest absolute Gasteiger partial charge is 0.457 e. The molecule has 0 radical (unpaired) electrons. The Kier molecular flexibility index (Phi) is 13.0. The van der Waals surface area contributed by atoms with E-state index in [1.807, 2.05) is 48.5 Å². The van der Waals surface area contributed by atoms with Crippen LogP contribution in [0.25, 0.3) is 0 Å². The first-order chi connectivity index (χ1) is 22.2. The summed E-state index contributed by atoms with van der Waals surface area (Å²) in [6, 6.07) is 51.2. The molecule has 1 nitrogen and oxygen atoms in total. The van der Waals surface area contributed by atoms with E-state index in [4.69, 9.17) is 4.74 Å². The molecule has 46 heavy (non-hydrogen) atoms. The fraction of sp³-hybridized carbons (Fsp3) is 0.200. The van der Waals surface area contributed by atoms with Crippen molar-refractivity contribution in [3.05, 3.63) is 201 Å². The van der Waals surface area contributed by atoms with Gasteiger partial charge in [-0.05, 0) is 107 Å². The van der Waals surface area contributed by atoms with Gasteiger partial charge in [-0.1, -0.05) is 155 Å². The van der Waals surface area contributed by atoms with Crippen LogP contribution in [-0.2, 0) is 19.3 Å². The maximum absolute atomic E-state index is 5.69. The molecular formula is C45H48O. The predicted octanol–water partition coefficient (Wildman–Crippen LogP) is 12.1. The molecule has 0 bridgehead atoms. The number of ether oxygens (including phenoxy) is 1. The summed E-state index contributed by atoms with van der Waals surface area (Å²) in [5.74, 6) is 1.76. The van der Waals surface area contributed by atoms with Crippen molar-refractivity contribution in [2.45, 2.75) is 60.8 Å². The summed E-state index contributed by atoms with van der Waals surface area (Å²) >= 11 is 0. The lowest BCUT2D eigenvalue weighted by atomic mass is 10.0. The second-order valence-corrected chi connectivity index (χ2v) is 12.3. The minimum absolute atomic E-state index is 0.879. The van der Waals surface area contributed by atoms with Crippen LogP contribution in [0.4, 0.5) is 0 Å². The third-order valence-electron chi connectivity index (χ3n) is 7.87. The van der Waals surface area contributed by atoms with E-state index < -0.39 is 0 Å². The van der Waals surface area contributed by atoms with Crippen molar-refractivity contribution in [2.24, 2.45) is 0 Å². The Hall–Kier alpha value is -4.88. The summed E-state index contributed by atoms with van der Waals surface area (Å²) < 4.78 is 5.69. The highest BCUT2D eigenvalue weighted by molar-refractivity contribution is 5.34. The SMILES string of the molecule is Cc1ccc(CCc2ccc(C)cc2)cc1.Cc1ccc(Cc2ccc(C)cc2)cc1.Cc1ccc(Oc2ccc(C)cc2)cc1. The maximum atomic E-state index is 5.69. The number of rotatable bonds is 7. The molecule has 0 atom stereocenters. The van der Waals surface area contributed by atoms with Crippen molar-refractivity contribution in [3.63, 3.8) is 0 Å². The summed E-state index contributed by atoms with van der Waals surface area (Å²) in [4.78, 5) is 0. The molecule has 6 aromatic carbocycles. The van der Waals surface area contributed by atoms with E-state index in [0.29, 0.717) is 0 Å². The summed E-state index contributed by atoms with van der Waals surface area (Å²) in [7, 11) is 0. The highest BCUT2D eigenvalue weighted by Crippen LogP contribution is 2.21.